The highest BCUT2D eigenvalue weighted by Crippen LogP contribution is 2.31. The van der Waals surface area contributed by atoms with Crippen molar-refractivity contribution in [2.75, 3.05) is 11.9 Å². The van der Waals surface area contributed by atoms with Crippen LogP contribution in [0.2, 0.25) is 0 Å². The summed E-state index contributed by atoms with van der Waals surface area (Å²) in [5.74, 6) is -0.235. The molecule has 4 aromatic carbocycles. The number of carbonyl (C=O) groups is 2. The number of benzene rings is 4. The number of likely N-dealkylation sites (N-methyl/N-ethyl adjacent to an activating group) is 1. The maximum absolute atomic E-state index is 13.9. The molecule has 0 bridgehead atoms. The summed E-state index contributed by atoms with van der Waals surface area (Å²) in [7, 11) is 1.74. The first-order chi connectivity index (χ1) is 18.0. The third kappa shape index (κ3) is 5.74. The van der Waals surface area contributed by atoms with Gasteiger partial charge in [-0.15, -0.1) is 12.4 Å². The van der Waals surface area contributed by atoms with E-state index < -0.39 is 6.04 Å². The minimum Gasteiger partial charge on any atom is -0.343 e. The highest BCUT2D eigenvalue weighted by atomic mass is 35.5. The van der Waals surface area contributed by atoms with Crippen LogP contribution in [0.25, 0.3) is 10.8 Å². The smallest absolute Gasteiger partial charge is 0.249 e. The largest absolute Gasteiger partial charge is 0.343 e. The van der Waals surface area contributed by atoms with Gasteiger partial charge in [0.2, 0.25) is 11.8 Å². The molecule has 0 aromatic heterocycles. The highest BCUT2D eigenvalue weighted by Gasteiger charge is 2.32. The number of para-hydroxylation sites is 1. The summed E-state index contributed by atoms with van der Waals surface area (Å²) in [6.45, 7) is 2.24. The van der Waals surface area contributed by atoms with Crippen molar-refractivity contribution in [1.82, 2.24) is 10.6 Å². The Kier molecular flexibility index (Phi) is 8.82. The van der Waals surface area contributed by atoms with E-state index in [0.29, 0.717) is 13.0 Å². The lowest BCUT2D eigenvalue weighted by Crippen LogP contribution is -2.52. The number of amides is 2. The van der Waals surface area contributed by atoms with E-state index in [4.69, 9.17) is 0 Å². The van der Waals surface area contributed by atoms with Gasteiger partial charge in [-0.25, -0.2) is 0 Å². The molecule has 2 amide bonds. The first-order valence-electron chi connectivity index (χ1n) is 13.0. The fourth-order valence-electron chi connectivity index (χ4n) is 5.16. The van der Waals surface area contributed by atoms with Crippen LogP contribution in [-0.2, 0) is 29.0 Å². The Morgan fingerprint density at radius 2 is 1.55 bits per heavy atom. The molecule has 1 aliphatic rings. The Labute approximate surface area is 230 Å². The number of fused-ring (bicyclic) bond motifs is 2. The maximum Gasteiger partial charge on any atom is 0.249 e. The van der Waals surface area contributed by atoms with Crippen molar-refractivity contribution in [2.45, 2.75) is 44.8 Å². The summed E-state index contributed by atoms with van der Waals surface area (Å²) in [5.41, 5.74) is 5.67. The van der Waals surface area contributed by atoms with Gasteiger partial charge >= 0.3 is 0 Å². The standard InChI is InChI=1S/C32H33N3O2.ClH/c1-22(33-2)31(36)34-29-19-18-24-12-6-7-17-30(24)35(32(29)37)21-26-14-9-15-27-25(13-8-16-28(26)27)20-23-10-4-3-5-11-23;/h3-17,22,29,33H,18-21H2,1-2H3,(H,34,36);1H. The number of carbonyl (C=O) groups excluding carboxylic acids is 2. The second-order valence-electron chi connectivity index (χ2n) is 9.76. The summed E-state index contributed by atoms with van der Waals surface area (Å²) >= 11 is 0. The van der Waals surface area contributed by atoms with Gasteiger partial charge in [-0.1, -0.05) is 84.9 Å². The van der Waals surface area contributed by atoms with Crippen molar-refractivity contribution in [3.05, 3.63) is 113 Å². The van der Waals surface area contributed by atoms with Gasteiger partial charge < -0.3 is 15.5 Å². The molecule has 2 N–H and O–H groups in total. The van der Waals surface area contributed by atoms with Crippen LogP contribution in [0.4, 0.5) is 5.69 Å². The van der Waals surface area contributed by atoms with Gasteiger partial charge in [-0.2, -0.15) is 0 Å². The normalized spacial score (nSPS) is 15.8. The van der Waals surface area contributed by atoms with Crippen molar-refractivity contribution in [1.29, 1.82) is 0 Å². The van der Waals surface area contributed by atoms with Crippen LogP contribution < -0.4 is 15.5 Å². The molecule has 0 radical (unpaired) electrons. The van der Waals surface area contributed by atoms with Crippen LogP contribution in [0.5, 0.6) is 0 Å². The van der Waals surface area contributed by atoms with E-state index in [2.05, 4.69) is 77.4 Å². The third-order valence-electron chi connectivity index (χ3n) is 7.36. The summed E-state index contributed by atoms with van der Waals surface area (Å²) in [6.07, 6.45) is 2.16. The lowest BCUT2D eigenvalue weighted by Gasteiger charge is -2.27. The van der Waals surface area contributed by atoms with Crippen molar-refractivity contribution in [3.63, 3.8) is 0 Å². The number of halogens is 1. The first kappa shape index (κ1) is 27.4. The summed E-state index contributed by atoms with van der Waals surface area (Å²) < 4.78 is 0. The second kappa shape index (κ2) is 12.2. The molecule has 5 nitrogen and oxygen atoms in total. The Bertz CT molecular complexity index is 1420. The number of aryl methyl sites for hydroxylation is 1. The summed E-state index contributed by atoms with van der Waals surface area (Å²) in [5, 5.41) is 8.30. The topological polar surface area (TPSA) is 61.4 Å². The number of hydrogen-bond acceptors (Lipinski definition) is 3. The fourth-order valence-corrected chi connectivity index (χ4v) is 5.16. The SMILES string of the molecule is CNC(C)C(=O)NC1CCc2ccccc2N(Cc2cccc3c(Cc4ccccc4)cccc23)C1=O.Cl. The molecule has 6 heteroatoms. The highest BCUT2D eigenvalue weighted by molar-refractivity contribution is 6.01. The monoisotopic (exact) mass is 527 g/mol. The van der Waals surface area contributed by atoms with Gasteiger partial charge in [0.05, 0.1) is 12.6 Å². The third-order valence-corrected chi connectivity index (χ3v) is 7.36. The van der Waals surface area contributed by atoms with Crippen LogP contribution in [0.3, 0.4) is 0 Å². The van der Waals surface area contributed by atoms with E-state index in [1.165, 1.54) is 16.5 Å². The molecule has 0 fully saturated rings. The van der Waals surface area contributed by atoms with Crippen molar-refractivity contribution < 1.29 is 9.59 Å². The number of nitrogens with zero attached hydrogens (tertiary/aromatic N) is 1. The van der Waals surface area contributed by atoms with E-state index in [1.54, 1.807) is 14.0 Å². The quantitative estimate of drug-likeness (QED) is 0.337. The van der Waals surface area contributed by atoms with Crippen LogP contribution in [0.1, 0.15) is 35.6 Å². The second-order valence-corrected chi connectivity index (χ2v) is 9.76. The van der Waals surface area contributed by atoms with Crippen LogP contribution in [0.15, 0.2) is 91.0 Å². The fraction of sp³-hybridized carbons (Fsp3) is 0.250. The predicted octanol–water partition coefficient (Wildman–Crippen LogP) is 5.42. The van der Waals surface area contributed by atoms with Gasteiger partial charge in [0.1, 0.15) is 6.04 Å². The molecular weight excluding hydrogens is 494 g/mol. The summed E-state index contributed by atoms with van der Waals surface area (Å²) in [6, 6.07) is 30.4. The van der Waals surface area contributed by atoms with E-state index in [1.807, 2.05) is 29.2 Å². The lowest BCUT2D eigenvalue weighted by molar-refractivity contribution is -0.128. The van der Waals surface area contributed by atoms with Crippen LogP contribution in [-0.4, -0.2) is 30.9 Å². The van der Waals surface area contributed by atoms with Crippen molar-refractivity contribution >= 4 is 40.7 Å². The molecule has 0 aliphatic carbocycles. The first-order valence-corrected chi connectivity index (χ1v) is 13.0. The molecular formula is C32H34ClN3O2. The Morgan fingerprint density at radius 1 is 0.895 bits per heavy atom. The van der Waals surface area contributed by atoms with Gasteiger partial charge in [0, 0.05) is 5.69 Å². The Morgan fingerprint density at radius 3 is 2.29 bits per heavy atom. The minimum atomic E-state index is -0.570. The molecule has 0 saturated carbocycles. The van der Waals surface area contributed by atoms with Gasteiger partial charge in [0.15, 0.2) is 0 Å². The number of nitrogens with one attached hydrogen (secondary N) is 2. The molecule has 5 rings (SSSR count). The Balaban J connectivity index is 0.00000336. The van der Waals surface area contributed by atoms with Gasteiger partial charge in [-0.05, 0) is 72.3 Å². The summed E-state index contributed by atoms with van der Waals surface area (Å²) in [4.78, 5) is 28.4. The van der Waals surface area contributed by atoms with Crippen LogP contribution >= 0.6 is 12.4 Å². The molecule has 2 unspecified atom stereocenters. The predicted molar refractivity (Wildman–Crippen MR) is 157 cm³/mol. The van der Waals surface area contributed by atoms with Crippen LogP contribution in [0, 0.1) is 0 Å². The molecule has 1 aliphatic heterocycles. The molecule has 196 valence electrons. The zero-order valence-electron chi connectivity index (χ0n) is 21.8. The zero-order valence-corrected chi connectivity index (χ0v) is 22.6. The molecule has 0 saturated heterocycles. The molecule has 2 atom stereocenters. The molecule has 38 heavy (non-hydrogen) atoms. The minimum absolute atomic E-state index is 0. The van der Waals surface area contributed by atoms with E-state index in [9.17, 15) is 9.59 Å². The molecule has 0 spiro atoms. The number of rotatable bonds is 7. The molecule has 1 heterocycles. The van der Waals surface area contributed by atoms with Crippen molar-refractivity contribution in [3.8, 4) is 0 Å². The number of hydrogen-bond donors (Lipinski definition) is 2. The average Bonchev–Trinajstić information content (AvgIpc) is 3.06. The van der Waals surface area contributed by atoms with Gasteiger partial charge in [-0.3, -0.25) is 9.59 Å². The van der Waals surface area contributed by atoms with Crippen molar-refractivity contribution in [2.24, 2.45) is 0 Å². The maximum atomic E-state index is 13.9. The van der Waals surface area contributed by atoms with Gasteiger partial charge in [0.25, 0.3) is 0 Å². The number of anilines is 1. The van der Waals surface area contributed by atoms with E-state index >= 15 is 0 Å². The lowest BCUT2D eigenvalue weighted by atomic mass is 9.95. The van der Waals surface area contributed by atoms with E-state index in [0.717, 1.165) is 35.0 Å². The molecule has 4 aromatic rings. The zero-order chi connectivity index (χ0) is 25.8. The average molecular weight is 528 g/mol. The van der Waals surface area contributed by atoms with E-state index in [-0.39, 0.29) is 30.3 Å². The Hall–Kier alpha value is -3.67.